The molecule has 0 unspecified atom stereocenters. The summed E-state index contributed by atoms with van der Waals surface area (Å²) < 4.78 is 5.50. The van der Waals surface area contributed by atoms with Crippen molar-refractivity contribution in [1.29, 1.82) is 0 Å². The number of rotatable bonds is 2. The fraction of sp³-hybridized carbons (Fsp3) is 1.00. The molecule has 2 aliphatic rings. The lowest BCUT2D eigenvalue weighted by atomic mass is 9.85. The molecule has 0 radical (unpaired) electrons. The van der Waals surface area contributed by atoms with Gasteiger partial charge in [0, 0.05) is 50.5 Å². The minimum atomic E-state index is 0.191. The molecule has 2 heterocycles. The van der Waals surface area contributed by atoms with E-state index in [1.165, 1.54) is 0 Å². The Bertz CT molecular complexity index is 261. The van der Waals surface area contributed by atoms with Crippen molar-refractivity contribution in [3.63, 3.8) is 0 Å². The topological polar surface area (TPSA) is 41.7 Å². The summed E-state index contributed by atoms with van der Waals surface area (Å²) in [5.74, 6) is 0. The van der Waals surface area contributed by atoms with Crippen LogP contribution in [0.1, 0.15) is 26.7 Å². The maximum atomic E-state index is 6.08. The molecule has 0 bridgehead atoms. The first kappa shape index (κ1) is 13.3. The lowest BCUT2D eigenvalue weighted by Gasteiger charge is -2.54. The van der Waals surface area contributed by atoms with Crippen LogP contribution in [0.2, 0.25) is 0 Å². The van der Waals surface area contributed by atoms with Gasteiger partial charge < -0.3 is 10.5 Å². The molecule has 4 nitrogen and oxygen atoms in total. The molecule has 0 spiro atoms. The Balaban J connectivity index is 2.10. The Labute approximate surface area is 105 Å². The van der Waals surface area contributed by atoms with E-state index in [9.17, 15) is 0 Å². The third-order valence-electron chi connectivity index (χ3n) is 4.79. The number of nitrogens with zero attached hydrogens (tertiary/aromatic N) is 2. The molecule has 0 amide bonds. The van der Waals surface area contributed by atoms with Gasteiger partial charge in [-0.05, 0) is 33.7 Å². The first-order valence-electron chi connectivity index (χ1n) is 6.74. The highest BCUT2D eigenvalue weighted by Crippen LogP contribution is 2.31. The van der Waals surface area contributed by atoms with Gasteiger partial charge in [-0.2, -0.15) is 0 Å². The number of hydrogen-bond donors (Lipinski definition) is 1. The Morgan fingerprint density at radius 2 is 1.82 bits per heavy atom. The average Bonchev–Trinajstić information content (AvgIpc) is 2.33. The van der Waals surface area contributed by atoms with E-state index >= 15 is 0 Å². The van der Waals surface area contributed by atoms with Crippen LogP contribution in [0.5, 0.6) is 0 Å². The zero-order chi connectivity index (χ0) is 12.5. The van der Waals surface area contributed by atoms with Crippen LogP contribution >= 0.6 is 0 Å². The van der Waals surface area contributed by atoms with Crippen molar-refractivity contribution in [3.05, 3.63) is 0 Å². The maximum absolute atomic E-state index is 6.08. The highest BCUT2D eigenvalue weighted by atomic mass is 16.5. The highest BCUT2D eigenvalue weighted by molar-refractivity contribution is 4.99. The van der Waals surface area contributed by atoms with Gasteiger partial charge in [0.2, 0.25) is 0 Å². The van der Waals surface area contributed by atoms with Gasteiger partial charge in [-0.3, -0.25) is 9.80 Å². The van der Waals surface area contributed by atoms with Crippen molar-refractivity contribution >= 4 is 0 Å². The van der Waals surface area contributed by atoms with Gasteiger partial charge in [-0.25, -0.2) is 0 Å². The van der Waals surface area contributed by atoms with Crippen molar-refractivity contribution in [2.75, 3.05) is 46.4 Å². The molecule has 17 heavy (non-hydrogen) atoms. The zero-order valence-corrected chi connectivity index (χ0v) is 11.5. The molecule has 4 heteroatoms. The van der Waals surface area contributed by atoms with Gasteiger partial charge in [0.1, 0.15) is 0 Å². The van der Waals surface area contributed by atoms with Gasteiger partial charge in [0.25, 0.3) is 0 Å². The second-order valence-corrected chi connectivity index (χ2v) is 6.20. The molecule has 0 aromatic rings. The molecule has 2 rings (SSSR count). The molecular weight excluding hydrogens is 214 g/mol. The molecule has 100 valence electrons. The Kier molecular flexibility index (Phi) is 3.78. The summed E-state index contributed by atoms with van der Waals surface area (Å²) in [5.41, 5.74) is 6.52. The fourth-order valence-corrected chi connectivity index (χ4v) is 3.05. The third kappa shape index (κ3) is 2.50. The summed E-state index contributed by atoms with van der Waals surface area (Å²) in [7, 11) is 2.22. The molecule has 2 N–H and O–H groups in total. The van der Waals surface area contributed by atoms with Gasteiger partial charge >= 0.3 is 0 Å². The molecule has 0 saturated carbocycles. The summed E-state index contributed by atoms with van der Waals surface area (Å²) in [6.07, 6.45) is 2.17. The van der Waals surface area contributed by atoms with Crippen molar-refractivity contribution in [2.24, 2.45) is 5.73 Å². The molecule has 0 aromatic carbocycles. The standard InChI is InChI=1S/C13H27N3O/c1-12(2)11-16(7-6-15(12)3)13(10-14)4-8-17-9-5-13/h4-11,14H2,1-3H3. The molecule has 2 saturated heterocycles. The predicted molar refractivity (Wildman–Crippen MR) is 70.1 cm³/mol. The van der Waals surface area contributed by atoms with Gasteiger partial charge in [0.05, 0.1) is 0 Å². The second-order valence-electron chi connectivity index (χ2n) is 6.20. The van der Waals surface area contributed by atoms with Crippen LogP contribution in [0.15, 0.2) is 0 Å². The zero-order valence-electron chi connectivity index (χ0n) is 11.5. The molecule has 0 atom stereocenters. The van der Waals surface area contributed by atoms with E-state index in [1.807, 2.05) is 0 Å². The van der Waals surface area contributed by atoms with Gasteiger partial charge in [-0.1, -0.05) is 0 Å². The van der Waals surface area contributed by atoms with Crippen molar-refractivity contribution < 1.29 is 4.74 Å². The van der Waals surface area contributed by atoms with Crippen LogP contribution in [0.4, 0.5) is 0 Å². The number of hydrogen-bond acceptors (Lipinski definition) is 4. The summed E-state index contributed by atoms with van der Waals surface area (Å²) in [4.78, 5) is 5.07. The van der Waals surface area contributed by atoms with Crippen LogP contribution in [0, 0.1) is 0 Å². The second kappa shape index (κ2) is 4.84. The Morgan fingerprint density at radius 1 is 1.18 bits per heavy atom. The van der Waals surface area contributed by atoms with Gasteiger partial charge in [0.15, 0.2) is 0 Å². The van der Waals surface area contributed by atoms with E-state index in [2.05, 4.69) is 30.7 Å². The largest absolute Gasteiger partial charge is 0.381 e. The predicted octanol–water partition coefficient (Wildman–Crippen LogP) is 0.520. The highest BCUT2D eigenvalue weighted by Gasteiger charge is 2.42. The number of nitrogens with two attached hydrogens (primary N) is 1. The van der Waals surface area contributed by atoms with Crippen LogP contribution in [-0.2, 0) is 4.74 Å². The first-order valence-corrected chi connectivity index (χ1v) is 6.74. The normalized spacial score (nSPS) is 30.4. The molecular formula is C13H27N3O. The number of likely N-dealkylation sites (N-methyl/N-ethyl adjacent to an activating group) is 1. The van der Waals surface area contributed by atoms with E-state index in [0.29, 0.717) is 0 Å². The van der Waals surface area contributed by atoms with Crippen molar-refractivity contribution in [2.45, 2.75) is 37.8 Å². The smallest absolute Gasteiger partial charge is 0.0484 e. The monoisotopic (exact) mass is 241 g/mol. The Morgan fingerprint density at radius 3 is 2.35 bits per heavy atom. The third-order valence-corrected chi connectivity index (χ3v) is 4.79. The quantitative estimate of drug-likeness (QED) is 0.765. The van der Waals surface area contributed by atoms with E-state index in [1.54, 1.807) is 0 Å². The molecule has 0 aliphatic carbocycles. The number of ether oxygens (including phenoxy) is 1. The van der Waals surface area contributed by atoms with Crippen LogP contribution < -0.4 is 5.73 Å². The summed E-state index contributed by atoms with van der Waals surface area (Å²) >= 11 is 0. The van der Waals surface area contributed by atoms with E-state index < -0.39 is 0 Å². The minimum Gasteiger partial charge on any atom is -0.381 e. The molecule has 2 fully saturated rings. The fourth-order valence-electron chi connectivity index (χ4n) is 3.05. The van der Waals surface area contributed by atoms with E-state index in [-0.39, 0.29) is 11.1 Å². The summed E-state index contributed by atoms with van der Waals surface area (Å²) in [6.45, 7) is 10.5. The van der Waals surface area contributed by atoms with Crippen molar-refractivity contribution in [3.8, 4) is 0 Å². The summed E-state index contributed by atoms with van der Waals surface area (Å²) in [5, 5.41) is 0. The van der Waals surface area contributed by atoms with Crippen molar-refractivity contribution in [1.82, 2.24) is 9.80 Å². The van der Waals surface area contributed by atoms with Crippen LogP contribution in [0.25, 0.3) is 0 Å². The Hall–Kier alpha value is -0.160. The lowest BCUT2D eigenvalue weighted by Crippen LogP contribution is -2.66. The minimum absolute atomic E-state index is 0.191. The molecule has 2 aliphatic heterocycles. The number of piperazine rings is 1. The van der Waals surface area contributed by atoms with Gasteiger partial charge in [-0.15, -0.1) is 0 Å². The van der Waals surface area contributed by atoms with E-state index in [4.69, 9.17) is 10.5 Å². The molecule has 0 aromatic heterocycles. The first-order chi connectivity index (χ1) is 8.00. The van der Waals surface area contributed by atoms with Crippen LogP contribution in [-0.4, -0.2) is 67.3 Å². The average molecular weight is 241 g/mol. The van der Waals surface area contributed by atoms with E-state index in [0.717, 1.165) is 52.2 Å². The summed E-state index contributed by atoms with van der Waals surface area (Å²) in [6, 6.07) is 0. The SMILES string of the molecule is CN1CCN(C2(CN)CCOCC2)CC1(C)C. The lowest BCUT2D eigenvalue weighted by molar-refractivity contribution is -0.0697. The van der Waals surface area contributed by atoms with Crippen LogP contribution in [0.3, 0.4) is 0 Å². The maximum Gasteiger partial charge on any atom is 0.0484 e.